The van der Waals surface area contributed by atoms with Crippen molar-refractivity contribution in [2.24, 2.45) is 0 Å². The van der Waals surface area contributed by atoms with Gasteiger partial charge in [-0.3, -0.25) is 9.10 Å². The number of ether oxygens (including phenoxy) is 2. The predicted octanol–water partition coefficient (Wildman–Crippen LogP) is 1.39. The first-order valence-corrected chi connectivity index (χ1v) is 9.57. The van der Waals surface area contributed by atoms with Crippen molar-refractivity contribution in [1.82, 2.24) is 5.32 Å². The molecule has 0 bridgehead atoms. The summed E-state index contributed by atoms with van der Waals surface area (Å²) in [4.78, 5) is 12.4. The van der Waals surface area contributed by atoms with Gasteiger partial charge < -0.3 is 14.8 Å². The minimum atomic E-state index is -3.63. The maximum absolute atomic E-state index is 12.4. The Morgan fingerprint density at radius 2 is 1.83 bits per heavy atom. The predicted molar refractivity (Wildman–Crippen MR) is 93.9 cm³/mol. The molecule has 7 nitrogen and oxygen atoms in total. The van der Waals surface area contributed by atoms with E-state index in [1.807, 2.05) is 6.92 Å². The van der Waals surface area contributed by atoms with Crippen molar-refractivity contribution < 1.29 is 22.7 Å². The van der Waals surface area contributed by atoms with Gasteiger partial charge in [0, 0.05) is 13.2 Å². The van der Waals surface area contributed by atoms with Crippen LogP contribution < -0.4 is 14.4 Å². The molecule has 1 N–H and O–H groups in total. The van der Waals surface area contributed by atoms with Gasteiger partial charge in [0.15, 0.2) is 0 Å². The van der Waals surface area contributed by atoms with Crippen molar-refractivity contribution in [3.05, 3.63) is 24.3 Å². The number of sulfonamides is 1. The maximum Gasteiger partial charge on any atom is 0.243 e. The lowest BCUT2D eigenvalue weighted by Gasteiger charge is -2.29. The maximum atomic E-state index is 12.4. The van der Waals surface area contributed by atoms with E-state index in [2.05, 4.69) is 5.32 Å². The van der Waals surface area contributed by atoms with Gasteiger partial charge >= 0.3 is 0 Å². The van der Waals surface area contributed by atoms with Crippen LogP contribution in [0.3, 0.4) is 0 Å². The summed E-state index contributed by atoms with van der Waals surface area (Å²) < 4.78 is 35.8. The fourth-order valence-electron chi connectivity index (χ4n) is 2.32. The molecular formula is C16H26N2O5S. The van der Waals surface area contributed by atoms with Gasteiger partial charge in [0.1, 0.15) is 11.8 Å². The average Bonchev–Trinajstić information content (AvgIpc) is 2.48. The van der Waals surface area contributed by atoms with Crippen LogP contribution in [0.15, 0.2) is 24.3 Å². The van der Waals surface area contributed by atoms with Gasteiger partial charge in [-0.05, 0) is 45.0 Å². The lowest BCUT2D eigenvalue weighted by Crippen LogP contribution is -2.50. The lowest BCUT2D eigenvalue weighted by atomic mass is 10.2. The minimum Gasteiger partial charge on any atom is -0.494 e. The smallest absolute Gasteiger partial charge is 0.243 e. The van der Waals surface area contributed by atoms with Crippen LogP contribution in [-0.4, -0.2) is 53.0 Å². The zero-order chi connectivity index (χ0) is 18.3. The highest BCUT2D eigenvalue weighted by Crippen LogP contribution is 2.24. The van der Waals surface area contributed by atoms with Gasteiger partial charge in [0.2, 0.25) is 15.9 Å². The number of hydrogen-bond donors (Lipinski definition) is 1. The van der Waals surface area contributed by atoms with Crippen LogP contribution in [0.25, 0.3) is 0 Å². The molecule has 0 fully saturated rings. The average molecular weight is 358 g/mol. The molecule has 24 heavy (non-hydrogen) atoms. The van der Waals surface area contributed by atoms with Crippen LogP contribution >= 0.6 is 0 Å². The molecule has 0 radical (unpaired) electrons. The molecule has 1 amide bonds. The second kappa shape index (κ2) is 8.89. The standard InChI is InChI=1S/C16H26N2O5S/c1-6-23-15-9-7-14(8-10-15)18(24(5,20)21)13(3)16(19)17-12(2)11-22-4/h7-10,12-13H,6,11H2,1-5H3,(H,17,19)/t12-,13+/m0/s1. The van der Waals surface area contributed by atoms with E-state index >= 15 is 0 Å². The zero-order valence-corrected chi connectivity index (χ0v) is 15.6. The van der Waals surface area contributed by atoms with Crippen LogP contribution in [0.2, 0.25) is 0 Å². The molecule has 0 aliphatic carbocycles. The highest BCUT2D eigenvalue weighted by atomic mass is 32.2. The summed E-state index contributed by atoms with van der Waals surface area (Å²) in [5.41, 5.74) is 0.406. The van der Waals surface area contributed by atoms with E-state index in [1.165, 1.54) is 7.11 Å². The third-order valence-electron chi connectivity index (χ3n) is 3.30. The molecule has 0 aliphatic heterocycles. The number of carbonyl (C=O) groups excluding carboxylic acids is 1. The molecule has 1 aromatic rings. The highest BCUT2D eigenvalue weighted by Gasteiger charge is 2.29. The van der Waals surface area contributed by atoms with Crippen molar-refractivity contribution in [3.8, 4) is 5.75 Å². The Labute approximate surface area is 144 Å². The fraction of sp³-hybridized carbons (Fsp3) is 0.562. The van der Waals surface area contributed by atoms with Crippen molar-refractivity contribution in [2.45, 2.75) is 32.9 Å². The first-order valence-electron chi connectivity index (χ1n) is 7.72. The highest BCUT2D eigenvalue weighted by molar-refractivity contribution is 7.92. The molecule has 1 rings (SSSR count). The monoisotopic (exact) mass is 358 g/mol. The van der Waals surface area contributed by atoms with Crippen LogP contribution in [0.4, 0.5) is 5.69 Å². The van der Waals surface area contributed by atoms with E-state index in [9.17, 15) is 13.2 Å². The summed E-state index contributed by atoms with van der Waals surface area (Å²) in [6.07, 6.45) is 1.08. The van der Waals surface area contributed by atoms with E-state index < -0.39 is 16.1 Å². The van der Waals surface area contributed by atoms with Gasteiger partial charge in [-0.2, -0.15) is 0 Å². The number of nitrogens with one attached hydrogen (secondary N) is 1. The third kappa shape index (κ3) is 5.68. The number of hydrogen-bond acceptors (Lipinski definition) is 5. The molecule has 0 unspecified atom stereocenters. The summed E-state index contributed by atoms with van der Waals surface area (Å²) in [6.45, 7) is 6.07. The number of anilines is 1. The van der Waals surface area contributed by atoms with Gasteiger partial charge in [0.05, 0.1) is 25.2 Å². The number of rotatable bonds is 9. The Bertz CT molecular complexity index is 630. The number of methoxy groups -OCH3 is 1. The van der Waals surface area contributed by atoms with Gasteiger partial charge in [-0.25, -0.2) is 8.42 Å². The molecule has 0 spiro atoms. The number of benzene rings is 1. The number of nitrogens with zero attached hydrogens (tertiary/aromatic N) is 1. The summed E-state index contributed by atoms with van der Waals surface area (Å²) in [5.74, 6) is 0.249. The van der Waals surface area contributed by atoms with Crippen molar-refractivity contribution >= 4 is 21.6 Å². The molecule has 0 saturated carbocycles. The van der Waals surface area contributed by atoms with Crippen LogP contribution in [0.1, 0.15) is 20.8 Å². The van der Waals surface area contributed by atoms with E-state index in [-0.39, 0.29) is 11.9 Å². The Morgan fingerprint density at radius 1 is 1.25 bits per heavy atom. The quantitative estimate of drug-likeness (QED) is 0.721. The van der Waals surface area contributed by atoms with Crippen molar-refractivity contribution in [3.63, 3.8) is 0 Å². The van der Waals surface area contributed by atoms with E-state index in [1.54, 1.807) is 38.1 Å². The largest absolute Gasteiger partial charge is 0.494 e. The molecule has 0 heterocycles. The summed E-state index contributed by atoms with van der Waals surface area (Å²) in [6, 6.07) is 5.48. The van der Waals surface area contributed by atoms with Crippen LogP contribution in [0.5, 0.6) is 5.75 Å². The number of amides is 1. The van der Waals surface area contributed by atoms with Crippen molar-refractivity contribution in [2.75, 3.05) is 30.9 Å². The Morgan fingerprint density at radius 3 is 2.29 bits per heavy atom. The van der Waals surface area contributed by atoms with Gasteiger partial charge in [-0.1, -0.05) is 0 Å². The minimum absolute atomic E-state index is 0.216. The van der Waals surface area contributed by atoms with E-state index in [0.717, 1.165) is 10.6 Å². The molecule has 8 heteroatoms. The lowest BCUT2D eigenvalue weighted by molar-refractivity contribution is -0.122. The normalized spacial score (nSPS) is 13.9. The Balaban J connectivity index is 3.02. The fourth-order valence-corrected chi connectivity index (χ4v) is 3.49. The third-order valence-corrected chi connectivity index (χ3v) is 4.54. The van der Waals surface area contributed by atoms with E-state index in [0.29, 0.717) is 24.7 Å². The zero-order valence-electron chi connectivity index (χ0n) is 14.8. The Hall–Kier alpha value is -1.80. The molecule has 1 aromatic carbocycles. The SMILES string of the molecule is CCOc1ccc(N([C@H](C)C(=O)N[C@@H](C)COC)S(C)(=O)=O)cc1. The molecule has 0 saturated heterocycles. The van der Waals surface area contributed by atoms with Crippen LogP contribution in [-0.2, 0) is 19.6 Å². The van der Waals surface area contributed by atoms with E-state index in [4.69, 9.17) is 9.47 Å². The molecular weight excluding hydrogens is 332 g/mol. The molecule has 0 aromatic heterocycles. The first-order chi connectivity index (χ1) is 11.2. The van der Waals surface area contributed by atoms with Gasteiger partial charge in [0.25, 0.3) is 0 Å². The molecule has 136 valence electrons. The second-order valence-corrected chi connectivity index (χ2v) is 7.39. The summed E-state index contributed by atoms with van der Waals surface area (Å²) >= 11 is 0. The topological polar surface area (TPSA) is 84.9 Å². The molecule has 0 aliphatic rings. The molecule has 2 atom stereocenters. The second-order valence-electron chi connectivity index (χ2n) is 5.53. The van der Waals surface area contributed by atoms with Gasteiger partial charge in [-0.15, -0.1) is 0 Å². The van der Waals surface area contributed by atoms with Crippen LogP contribution in [0, 0.1) is 0 Å². The summed E-state index contributed by atoms with van der Waals surface area (Å²) in [7, 11) is -2.10. The first kappa shape index (κ1) is 20.2. The van der Waals surface area contributed by atoms with Crippen molar-refractivity contribution in [1.29, 1.82) is 0 Å². The Kier molecular flexibility index (Phi) is 7.50. The summed E-state index contributed by atoms with van der Waals surface area (Å²) in [5, 5.41) is 2.74. The number of carbonyl (C=O) groups is 1.